The number of piperidine rings is 1. The summed E-state index contributed by atoms with van der Waals surface area (Å²) in [5, 5.41) is 9.67. The molecule has 0 radical (unpaired) electrons. The number of fused-ring (bicyclic) bond motifs is 1. The zero-order valence-corrected chi connectivity index (χ0v) is 15.0. The first-order valence-electron chi connectivity index (χ1n) is 9.00. The van der Waals surface area contributed by atoms with E-state index in [0.717, 1.165) is 42.9 Å². The van der Waals surface area contributed by atoms with Crippen molar-refractivity contribution in [3.05, 3.63) is 17.7 Å². The van der Waals surface area contributed by atoms with Gasteiger partial charge in [-0.1, -0.05) is 6.92 Å². The van der Waals surface area contributed by atoms with E-state index in [1.807, 2.05) is 19.1 Å². The Labute approximate surface area is 148 Å². The number of aliphatic carboxylic acids is 1. The summed E-state index contributed by atoms with van der Waals surface area (Å²) in [5.41, 5.74) is 0.362. The summed E-state index contributed by atoms with van der Waals surface area (Å²) in [5.74, 6) is 1.52. The second-order valence-corrected chi connectivity index (χ2v) is 6.91. The molecule has 2 heterocycles. The molecule has 0 amide bonds. The highest BCUT2D eigenvalue weighted by Crippen LogP contribution is 2.39. The lowest BCUT2D eigenvalue weighted by Crippen LogP contribution is -2.47. The quantitative estimate of drug-likeness (QED) is 0.881. The van der Waals surface area contributed by atoms with Crippen LogP contribution >= 0.6 is 0 Å². The molecule has 0 saturated carbocycles. The van der Waals surface area contributed by atoms with Crippen LogP contribution in [0.4, 0.5) is 0 Å². The van der Waals surface area contributed by atoms with Crippen LogP contribution < -0.4 is 14.2 Å². The molecule has 25 heavy (non-hydrogen) atoms. The van der Waals surface area contributed by atoms with Gasteiger partial charge in [-0.3, -0.25) is 9.69 Å². The second kappa shape index (κ2) is 7.52. The van der Waals surface area contributed by atoms with Crippen molar-refractivity contribution >= 4 is 5.97 Å². The number of methoxy groups -OCH3 is 1. The van der Waals surface area contributed by atoms with Crippen molar-refractivity contribution < 1.29 is 24.1 Å². The van der Waals surface area contributed by atoms with Crippen LogP contribution in [0.3, 0.4) is 0 Å². The smallest absolute Gasteiger partial charge is 0.310 e. The predicted octanol–water partition coefficient (Wildman–Crippen LogP) is 2.93. The van der Waals surface area contributed by atoms with E-state index in [1.54, 1.807) is 7.11 Å². The van der Waals surface area contributed by atoms with Gasteiger partial charge in [0.25, 0.3) is 0 Å². The average molecular weight is 349 g/mol. The number of carboxylic acid groups (broad SMARTS) is 1. The third-order valence-corrected chi connectivity index (χ3v) is 5.33. The van der Waals surface area contributed by atoms with Crippen LogP contribution in [0.1, 0.15) is 38.2 Å². The number of ether oxygens (including phenoxy) is 3. The number of carbonyl (C=O) groups is 1. The SMILES string of the molecule is CC[C@]1(C(=O)O)CCCN(Cc2cc3c(cc2OC)OCCCO3)C1. The highest BCUT2D eigenvalue weighted by Gasteiger charge is 2.40. The van der Waals surface area contributed by atoms with Crippen LogP contribution in [0.5, 0.6) is 17.2 Å². The fourth-order valence-electron chi connectivity index (χ4n) is 3.76. The largest absolute Gasteiger partial charge is 0.496 e. The van der Waals surface area contributed by atoms with Crippen molar-refractivity contribution in [1.29, 1.82) is 0 Å². The monoisotopic (exact) mass is 349 g/mol. The Balaban J connectivity index is 1.82. The minimum atomic E-state index is -0.690. The van der Waals surface area contributed by atoms with E-state index in [-0.39, 0.29) is 0 Å². The number of hydrogen-bond acceptors (Lipinski definition) is 5. The summed E-state index contributed by atoms with van der Waals surface area (Å²) in [4.78, 5) is 14.0. The van der Waals surface area contributed by atoms with Crippen LogP contribution in [0.2, 0.25) is 0 Å². The Morgan fingerprint density at radius 1 is 1.28 bits per heavy atom. The fourth-order valence-corrected chi connectivity index (χ4v) is 3.76. The van der Waals surface area contributed by atoms with E-state index in [2.05, 4.69) is 4.90 Å². The Hall–Kier alpha value is -1.95. The average Bonchev–Trinajstić information content (AvgIpc) is 2.85. The van der Waals surface area contributed by atoms with Gasteiger partial charge in [0.1, 0.15) is 5.75 Å². The highest BCUT2D eigenvalue weighted by molar-refractivity contribution is 5.75. The lowest BCUT2D eigenvalue weighted by atomic mass is 9.77. The van der Waals surface area contributed by atoms with Gasteiger partial charge in [0, 0.05) is 31.1 Å². The number of nitrogens with zero attached hydrogens (tertiary/aromatic N) is 1. The van der Waals surface area contributed by atoms with E-state index in [9.17, 15) is 9.90 Å². The van der Waals surface area contributed by atoms with Gasteiger partial charge in [0.15, 0.2) is 11.5 Å². The van der Waals surface area contributed by atoms with E-state index in [0.29, 0.717) is 38.5 Å². The molecule has 0 bridgehead atoms. The van der Waals surface area contributed by atoms with Gasteiger partial charge < -0.3 is 19.3 Å². The maximum atomic E-state index is 11.8. The predicted molar refractivity (Wildman–Crippen MR) is 93.5 cm³/mol. The first kappa shape index (κ1) is 17.9. The maximum absolute atomic E-state index is 11.8. The molecule has 2 aliphatic rings. The molecule has 1 aromatic carbocycles. The summed E-state index contributed by atoms with van der Waals surface area (Å²) in [7, 11) is 1.65. The third-order valence-electron chi connectivity index (χ3n) is 5.33. The molecule has 0 spiro atoms. The molecular formula is C19H27NO5. The molecule has 1 saturated heterocycles. The zero-order valence-electron chi connectivity index (χ0n) is 15.0. The first-order valence-corrected chi connectivity index (χ1v) is 9.00. The lowest BCUT2D eigenvalue weighted by Gasteiger charge is -2.39. The van der Waals surface area contributed by atoms with Gasteiger partial charge >= 0.3 is 5.97 Å². The minimum absolute atomic E-state index is 0.566. The molecule has 1 atom stereocenters. The Morgan fingerprint density at radius 2 is 2.00 bits per heavy atom. The van der Waals surface area contributed by atoms with E-state index in [1.165, 1.54) is 0 Å². The van der Waals surface area contributed by atoms with E-state index < -0.39 is 11.4 Å². The zero-order chi connectivity index (χ0) is 17.9. The van der Waals surface area contributed by atoms with Crippen molar-refractivity contribution in [2.75, 3.05) is 33.4 Å². The fraction of sp³-hybridized carbons (Fsp3) is 0.632. The first-order chi connectivity index (χ1) is 12.1. The van der Waals surface area contributed by atoms with Gasteiger partial charge in [0.05, 0.1) is 25.7 Å². The van der Waals surface area contributed by atoms with Crippen LogP contribution in [0.15, 0.2) is 12.1 Å². The van der Waals surface area contributed by atoms with Gasteiger partial charge in [-0.15, -0.1) is 0 Å². The number of benzene rings is 1. The van der Waals surface area contributed by atoms with Crippen molar-refractivity contribution in [2.24, 2.45) is 5.41 Å². The summed E-state index contributed by atoms with van der Waals surface area (Å²) < 4.78 is 17.0. The summed E-state index contributed by atoms with van der Waals surface area (Å²) in [6.45, 7) is 5.35. The molecule has 1 aromatic rings. The molecule has 3 rings (SSSR count). The molecule has 138 valence electrons. The van der Waals surface area contributed by atoms with Crippen LogP contribution in [0, 0.1) is 5.41 Å². The topological polar surface area (TPSA) is 68.2 Å². The summed E-state index contributed by atoms with van der Waals surface area (Å²) in [6.07, 6.45) is 3.15. The van der Waals surface area contributed by atoms with Crippen LogP contribution in [-0.4, -0.2) is 49.4 Å². The molecule has 0 aliphatic carbocycles. The minimum Gasteiger partial charge on any atom is -0.496 e. The normalized spacial score (nSPS) is 23.8. The number of carboxylic acids is 1. The molecule has 1 N–H and O–H groups in total. The molecule has 0 aromatic heterocycles. The maximum Gasteiger partial charge on any atom is 0.310 e. The molecule has 2 aliphatic heterocycles. The number of hydrogen-bond donors (Lipinski definition) is 1. The highest BCUT2D eigenvalue weighted by atomic mass is 16.5. The third kappa shape index (κ3) is 3.68. The Kier molecular flexibility index (Phi) is 5.37. The molecule has 6 heteroatoms. The van der Waals surface area contributed by atoms with Gasteiger partial charge in [-0.05, 0) is 31.9 Å². The molecule has 6 nitrogen and oxygen atoms in total. The van der Waals surface area contributed by atoms with Gasteiger partial charge in [-0.25, -0.2) is 0 Å². The van der Waals surface area contributed by atoms with Gasteiger partial charge in [0.2, 0.25) is 0 Å². The number of rotatable bonds is 5. The molecular weight excluding hydrogens is 322 g/mol. The van der Waals surface area contributed by atoms with Crippen LogP contribution in [0.25, 0.3) is 0 Å². The van der Waals surface area contributed by atoms with E-state index in [4.69, 9.17) is 14.2 Å². The lowest BCUT2D eigenvalue weighted by molar-refractivity contribution is -0.153. The van der Waals surface area contributed by atoms with Crippen molar-refractivity contribution in [3.8, 4) is 17.2 Å². The van der Waals surface area contributed by atoms with Gasteiger partial charge in [-0.2, -0.15) is 0 Å². The standard InChI is InChI=1S/C19H27NO5/c1-3-19(18(21)22)6-4-7-20(13-19)12-14-10-16-17(11-15(14)23-2)25-9-5-8-24-16/h10-11H,3-9,12-13H2,1-2H3,(H,21,22)/t19-/m0/s1. The summed E-state index contributed by atoms with van der Waals surface area (Å²) >= 11 is 0. The van der Waals surface area contributed by atoms with Crippen molar-refractivity contribution in [1.82, 2.24) is 4.90 Å². The second-order valence-electron chi connectivity index (χ2n) is 6.91. The molecule has 1 fully saturated rings. The van der Waals surface area contributed by atoms with Crippen molar-refractivity contribution in [3.63, 3.8) is 0 Å². The molecule has 0 unspecified atom stereocenters. The summed E-state index contributed by atoms with van der Waals surface area (Å²) in [6, 6.07) is 3.85. The van der Waals surface area contributed by atoms with Crippen molar-refractivity contribution in [2.45, 2.75) is 39.2 Å². The number of likely N-dealkylation sites (tertiary alicyclic amines) is 1. The van der Waals surface area contributed by atoms with E-state index >= 15 is 0 Å². The van der Waals surface area contributed by atoms with Crippen LogP contribution in [-0.2, 0) is 11.3 Å². The Morgan fingerprint density at radius 3 is 2.64 bits per heavy atom. The Bertz CT molecular complexity index is 632.